The van der Waals surface area contributed by atoms with Gasteiger partial charge in [0.25, 0.3) is 0 Å². The molecule has 1 aromatic heterocycles. The predicted molar refractivity (Wildman–Crippen MR) is 91.1 cm³/mol. The minimum Gasteiger partial charge on any atom is -0.379 e. The topological polar surface area (TPSA) is 36.3 Å². The van der Waals surface area contributed by atoms with Gasteiger partial charge >= 0.3 is 0 Å². The molecule has 0 aliphatic carbocycles. The monoisotopic (exact) mass is 310 g/mol. The summed E-state index contributed by atoms with van der Waals surface area (Å²) in [7, 11) is 0. The molecule has 0 amide bonds. The maximum Gasteiger partial charge on any atom is 0.0987 e. The molecule has 0 aliphatic heterocycles. The van der Waals surface area contributed by atoms with Crippen molar-refractivity contribution in [2.75, 3.05) is 19.8 Å². The van der Waals surface area contributed by atoms with E-state index >= 15 is 0 Å². The zero-order valence-electron chi connectivity index (χ0n) is 14.5. The van der Waals surface area contributed by atoms with Crippen molar-refractivity contribution in [3.63, 3.8) is 0 Å². The van der Waals surface area contributed by atoms with Gasteiger partial charge in [0.1, 0.15) is 0 Å². The van der Waals surface area contributed by atoms with Crippen molar-refractivity contribution >= 4 is 0 Å². The highest BCUT2D eigenvalue weighted by Crippen LogP contribution is 2.06. The van der Waals surface area contributed by atoms with E-state index in [1.807, 2.05) is 12.5 Å². The molecule has 1 rings (SSSR count). The van der Waals surface area contributed by atoms with Gasteiger partial charge in [-0.15, -0.1) is 0 Å². The maximum absolute atomic E-state index is 5.94. The summed E-state index contributed by atoms with van der Waals surface area (Å²) in [6.07, 6.45) is 15.8. The molecule has 0 aromatic carbocycles. The Hall–Kier alpha value is -0.870. The second kappa shape index (κ2) is 13.8. The van der Waals surface area contributed by atoms with Crippen molar-refractivity contribution in [2.24, 2.45) is 0 Å². The lowest BCUT2D eigenvalue weighted by Crippen LogP contribution is -2.26. The summed E-state index contributed by atoms with van der Waals surface area (Å²) in [6.45, 7) is 7.60. The number of aromatic nitrogens is 2. The first kappa shape index (κ1) is 19.2. The maximum atomic E-state index is 5.94. The predicted octanol–water partition coefficient (Wildman–Crippen LogP) is 4.45. The van der Waals surface area contributed by atoms with Gasteiger partial charge < -0.3 is 14.0 Å². The molecule has 0 saturated carbocycles. The molecule has 0 bridgehead atoms. The van der Waals surface area contributed by atoms with E-state index in [9.17, 15) is 0 Å². The summed E-state index contributed by atoms with van der Waals surface area (Å²) in [4.78, 5) is 4.08. The highest BCUT2D eigenvalue weighted by atomic mass is 16.5. The summed E-state index contributed by atoms with van der Waals surface area (Å²) in [5.41, 5.74) is 0. The first-order valence-corrected chi connectivity index (χ1v) is 9.01. The quantitative estimate of drug-likeness (QED) is 0.449. The highest BCUT2D eigenvalue weighted by Gasteiger charge is 2.10. The number of hydrogen-bond acceptors (Lipinski definition) is 3. The Morgan fingerprint density at radius 1 is 0.955 bits per heavy atom. The summed E-state index contributed by atoms with van der Waals surface area (Å²) >= 11 is 0. The van der Waals surface area contributed by atoms with Gasteiger partial charge in [-0.25, -0.2) is 4.98 Å². The molecule has 4 nitrogen and oxygen atoms in total. The van der Waals surface area contributed by atoms with Crippen LogP contribution in [0.1, 0.15) is 65.2 Å². The number of hydrogen-bond donors (Lipinski definition) is 0. The zero-order chi connectivity index (χ0) is 15.9. The van der Waals surface area contributed by atoms with Gasteiger partial charge in [-0.05, 0) is 12.8 Å². The lowest BCUT2D eigenvalue weighted by Gasteiger charge is -2.18. The minimum absolute atomic E-state index is 0.126. The number of imidazole rings is 1. The Labute approximate surface area is 136 Å². The molecule has 1 heterocycles. The van der Waals surface area contributed by atoms with E-state index < -0.39 is 0 Å². The van der Waals surface area contributed by atoms with Crippen LogP contribution in [0.4, 0.5) is 0 Å². The van der Waals surface area contributed by atoms with Crippen LogP contribution in [0.25, 0.3) is 0 Å². The van der Waals surface area contributed by atoms with Crippen LogP contribution in [-0.2, 0) is 16.0 Å². The van der Waals surface area contributed by atoms with E-state index in [4.69, 9.17) is 9.47 Å². The fraction of sp³-hybridized carbons (Fsp3) is 0.833. The molecule has 4 heteroatoms. The molecule has 1 aromatic rings. The molecular weight excluding hydrogens is 276 g/mol. The van der Waals surface area contributed by atoms with E-state index in [2.05, 4.69) is 23.4 Å². The standard InChI is InChI=1S/C18H34N2O2/c1-3-5-7-8-9-10-13-21-16-18(22-14-6-4-2)15-20-12-11-19-17-20/h11-12,17-18H,3-10,13-16H2,1-2H3. The number of ether oxygens (including phenoxy) is 2. The normalized spacial score (nSPS) is 12.6. The van der Waals surface area contributed by atoms with Crippen LogP contribution in [0.5, 0.6) is 0 Å². The third-order valence-electron chi connectivity index (χ3n) is 3.77. The van der Waals surface area contributed by atoms with Gasteiger partial charge in [-0.1, -0.05) is 52.4 Å². The van der Waals surface area contributed by atoms with Crippen molar-refractivity contribution in [1.29, 1.82) is 0 Å². The van der Waals surface area contributed by atoms with Crippen LogP contribution in [-0.4, -0.2) is 35.5 Å². The lowest BCUT2D eigenvalue weighted by molar-refractivity contribution is -0.0262. The van der Waals surface area contributed by atoms with Crippen LogP contribution in [0, 0.1) is 0 Å². The Morgan fingerprint density at radius 2 is 1.73 bits per heavy atom. The zero-order valence-corrected chi connectivity index (χ0v) is 14.5. The smallest absolute Gasteiger partial charge is 0.0987 e. The summed E-state index contributed by atoms with van der Waals surface area (Å²) in [6, 6.07) is 0. The first-order chi connectivity index (χ1) is 10.9. The molecule has 0 N–H and O–H groups in total. The molecule has 128 valence electrons. The summed E-state index contributed by atoms with van der Waals surface area (Å²) in [5, 5.41) is 0. The largest absolute Gasteiger partial charge is 0.379 e. The number of unbranched alkanes of at least 4 members (excludes halogenated alkanes) is 6. The van der Waals surface area contributed by atoms with Crippen LogP contribution in [0.3, 0.4) is 0 Å². The third-order valence-corrected chi connectivity index (χ3v) is 3.77. The molecule has 0 saturated heterocycles. The van der Waals surface area contributed by atoms with Crippen LogP contribution < -0.4 is 0 Å². The van der Waals surface area contributed by atoms with Crippen molar-refractivity contribution in [3.05, 3.63) is 18.7 Å². The molecular formula is C18H34N2O2. The minimum atomic E-state index is 0.126. The Balaban J connectivity index is 2.11. The summed E-state index contributed by atoms with van der Waals surface area (Å²) in [5.74, 6) is 0. The van der Waals surface area contributed by atoms with Gasteiger partial charge in [0, 0.05) is 25.6 Å². The van der Waals surface area contributed by atoms with E-state index in [0.717, 1.165) is 39.0 Å². The third kappa shape index (κ3) is 9.96. The second-order valence-corrected chi connectivity index (χ2v) is 5.95. The van der Waals surface area contributed by atoms with Gasteiger partial charge in [0.05, 0.1) is 25.6 Å². The van der Waals surface area contributed by atoms with Gasteiger partial charge in [-0.2, -0.15) is 0 Å². The molecule has 22 heavy (non-hydrogen) atoms. The molecule has 1 unspecified atom stereocenters. The van der Waals surface area contributed by atoms with E-state index in [-0.39, 0.29) is 6.10 Å². The summed E-state index contributed by atoms with van der Waals surface area (Å²) < 4.78 is 13.8. The Bertz CT molecular complexity index is 328. The van der Waals surface area contributed by atoms with Gasteiger partial charge in [0.2, 0.25) is 0 Å². The van der Waals surface area contributed by atoms with Gasteiger partial charge in [0.15, 0.2) is 0 Å². The molecule has 0 aliphatic rings. The van der Waals surface area contributed by atoms with E-state index in [0.29, 0.717) is 6.61 Å². The molecule has 0 radical (unpaired) electrons. The van der Waals surface area contributed by atoms with Crippen molar-refractivity contribution in [1.82, 2.24) is 9.55 Å². The van der Waals surface area contributed by atoms with Crippen LogP contribution >= 0.6 is 0 Å². The average molecular weight is 310 g/mol. The fourth-order valence-corrected chi connectivity index (χ4v) is 2.38. The van der Waals surface area contributed by atoms with Crippen LogP contribution in [0.15, 0.2) is 18.7 Å². The lowest BCUT2D eigenvalue weighted by atomic mass is 10.1. The van der Waals surface area contributed by atoms with Crippen molar-refractivity contribution < 1.29 is 9.47 Å². The van der Waals surface area contributed by atoms with E-state index in [1.165, 1.54) is 32.1 Å². The Morgan fingerprint density at radius 3 is 2.45 bits per heavy atom. The number of nitrogens with zero attached hydrogens (tertiary/aromatic N) is 2. The first-order valence-electron chi connectivity index (χ1n) is 9.01. The molecule has 0 spiro atoms. The van der Waals surface area contributed by atoms with Gasteiger partial charge in [-0.3, -0.25) is 0 Å². The van der Waals surface area contributed by atoms with Crippen molar-refractivity contribution in [3.8, 4) is 0 Å². The average Bonchev–Trinajstić information content (AvgIpc) is 3.03. The fourth-order valence-electron chi connectivity index (χ4n) is 2.38. The number of rotatable bonds is 15. The Kier molecular flexibility index (Phi) is 12.0. The van der Waals surface area contributed by atoms with Crippen LogP contribution in [0.2, 0.25) is 0 Å². The SMILES string of the molecule is CCCCCCCCOCC(Cn1ccnc1)OCCCC. The second-order valence-electron chi connectivity index (χ2n) is 5.95. The highest BCUT2D eigenvalue weighted by molar-refractivity contribution is 4.76. The molecule has 0 fully saturated rings. The van der Waals surface area contributed by atoms with Crippen molar-refractivity contribution in [2.45, 2.75) is 77.9 Å². The molecule has 1 atom stereocenters. The van der Waals surface area contributed by atoms with E-state index in [1.54, 1.807) is 6.20 Å².